The average molecular weight is 286 g/mol. The fourth-order valence-electron chi connectivity index (χ4n) is 2.47. The third-order valence-corrected chi connectivity index (χ3v) is 3.75. The standard InChI is InChI=1S/C15H18N4O2/c1-2-5-13-12(4-1)19(8-3-9-20-13)15-18-17-14(21-15)10-16-11-6-7-11/h1-2,4-5,11,16H,3,6-10H2. The summed E-state index contributed by atoms with van der Waals surface area (Å²) in [5.41, 5.74) is 0.986. The number of fused-ring (bicyclic) bond motifs is 1. The first-order valence-corrected chi connectivity index (χ1v) is 7.45. The van der Waals surface area contributed by atoms with Gasteiger partial charge < -0.3 is 14.5 Å². The maximum absolute atomic E-state index is 5.80. The summed E-state index contributed by atoms with van der Waals surface area (Å²) in [6.45, 7) is 2.16. The predicted molar refractivity (Wildman–Crippen MR) is 77.7 cm³/mol. The van der Waals surface area contributed by atoms with E-state index in [0.717, 1.165) is 24.4 Å². The van der Waals surface area contributed by atoms with Gasteiger partial charge in [-0.25, -0.2) is 0 Å². The van der Waals surface area contributed by atoms with Gasteiger partial charge in [0.1, 0.15) is 5.75 Å². The van der Waals surface area contributed by atoms with E-state index in [4.69, 9.17) is 9.15 Å². The van der Waals surface area contributed by atoms with Crippen LogP contribution in [0.3, 0.4) is 0 Å². The second-order valence-corrected chi connectivity index (χ2v) is 5.45. The highest BCUT2D eigenvalue weighted by Gasteiger charge is 2.24. The molecule has 0 atom stereocenters. The van der Waals surface area contributed by atoms with Crippen LogP contribution >= 0.6 is 0 Å². The Kier molecular flexibility index (Phi) is 3.23. The number of para-hydroxylation sites is 2. The van der Waals surface area contributed by atoms with E-state index in [-0.39, 0.29) is 0 Å². The zero-order valence-corrected chi connectivity index (χ0v) is 11.8. The summed E-state index contributed by atoms with van der Waals surface area (Å²) in [6, 6.07) is 9.13. The van der Waals surface area contributed by atoms with Crippen LogP contribution in [0.1, 0.15) is 25.2 Å². The summed E-state index contributed by atoms with van der Waals surface area (Å²) in [6.07, 6.45) is 3.42. The topological polar surface area (TPSA) is 63.4 Å². The van der Waals surface area contributed by atoms with Gasteiger partial charge in [-0.3, -0.25) is 4.90 Å². The molecule has 21 heavy (non-hydrogen) atoms. The summed E-state index contributed by atoms with van der Waals surface area (Å²) >= 11 is 0. The minimum absolute atomic E-state index is 0.542. The minimum Gasteiger partial charge on any atom is -0.491 e. The third kappa shape index (κ3) is 2.71. The quantitative estimate of drug-likeness (QED) is 0.930. The van der Waals surface area contributed by atoms with Crippen LogP contribution in [0.15, 0.2) is 28.7 Å². The van der Waals surface area contributed by atoms with Gasteiger partial charge in [0.05, 0.1) is 18.8 Å². The highest BCUT2D eigenvalue weighted by atomic mass is 16.5. The fourth-order valence-corrected chi connectivity index (χ4v) is 2.47. The van der Waals surface area contributed by atoms with E-state index in [9.17, 15) is 0 Å². The highest BCUT2D eigenvalue weighted by Crippen LogP contribution is 2.35. The second kappa shape index (κ2) is 5.37. The molecule has 1 fully saturated rings. The number of rotatable bonds is 4. The van der Waals surface area contributed by atoms with E-state index >= 15 is 0 Å². The Morgan fingerprint density at radius 1 is 1.24 bits per heavy atom. The summed E-state index contributed by atoms with van der Waals surface area (Å²) in [7, 11) is 0. The van der Waals surface area contributed by atoms with Crippen molar-refractivity contribution in [2.45, 2.75) is 31.8 Å². The van der Waals surface area contributed by atoms with E-state index in [1.807, 2.05) is 29.2 Å². The van der Waals surface area contributed by atoms with E-state index in [0.29, 0.717) is 31.1 Å². The Balaban J connectivity index is 1.57. The number of benzene rings is 1. The summed E-state index contributed by atoms with van der Waals surface area (Å²) < 4.78 is 11.5. The molecule has 2 heterocycles. The second-order valence-electron chi connectivity index (χ2n) is 5.45. The van der Waals surface area contributed by atoms with Crippen LogP contribution in [0.25, 0.3) is 0 Å². The van der Waals surface area contributed by atoms with Gasteiger partial charge in [0.2, 0.25) is 5.89 Å². The Bertz CT molecular complexity index is 624. The van der Waals surface area contributed by atoms with Crippen molar-refractivity contribution in [3.63, 3.8) is 0 Å². The van der Waals surface area contributed by atoms with E-state index < -0.39 is 0 Å². The Hall–Kier alpha value is -2.08. The van der Waals surface area contributed by atoms with Crippen LogP contribution in [-0.2, 0) is 6.54 Å². The maximum Gasteiger partial charge on any atom is 0.322 e. The zero-order valence-electron chi connectivity index (χ0n) is 11.8. The van der Waals surface area contributed by atoms with Gasteiger partial charge in [0, 0.05) is 12.6 Å². The lowest BCUT2D eigenvalue weighted by Gasteiger charge is -2.18. The largest absolute Gasteiger partial charge is 0.491 e. The number of nitrogens with zero attached hydrogens (tertiary/aromatic N) is 3. The van der Waals surface area contributed by atoms with Crippen LogP contribution in [0, 0.1) is 0 Å². The van der Waals surface area contributed by atoms with Crippen molar-refractivity contribution in [2.24, 2.45) is 0 Å². The molecule has 1 aromatic carbocycles. The van der Waals surface area contributed by atoms with Gasteiger partial charge in [-0.1, -0.05) is 17.2 Å². The summed E-state index contributed by atoms with van der Waals surface area (Å²) in [4.78, 5) is 2.04. The van der Waals surface area contributed by atoms with Crippen LogP contribution in [-0.4, -0.2) is 29.4 Å². The molecule has 0 saturated heterocycles. The van der Waals surface area contributed by atoms with Gasteiger partial charge in [0.25, 0.3) is 0 Å². The van der Waals surface area contributed by atoms with E-state index in [1.54, 1.807) is 0 Å². The van der Waals surface area contributed by atoms with E-state index in [1.165, 1.54) is 12.8 Å². The number of ether oxygens (including phenoxy) is 1. The van der Waals surface area contributed by atoms with Gasteiger partial charge in [-0.2, -0.15) is 0 Å². The third-order valence-electron chi connectivity index (χ3n) is 3.75. The minimum atomic E-state index is 0.542. The zero-order chi connectivity index (χ0) is 14.1. The normalized spacial score (nSPS) is 18.0. The van der Waals surface area contributed by atoms with Crippen LogP contribution in [0.4, 0.5) is 11.7 Å². The monoisotopic (exact) mass is 286 g/mol. The Morgan fingerprint density at radius 2 is 2.14 bits per heavy atom. The number of nitrogens with one attached hydrogen (secondary N) is 1. The first-order valence-electron chi connectivity index (χ1n) is 7.45. The molecule has 4 rings (SSSR count). The molecular formula is C15H18N4O2. The van der Waals surface area contributed by atoms with Crippen molar-refractivity contribution in [2.75, 3.05) is 18.1 Å². The Morgan fingerprint density at radius 3 is 3.05 bits per heavy atom. The average Bonchev–Trinajstić information content (AvgIpc) is 3.27. The molecule has 6 nitrogen and oxygen atoms in total. The number of aromatic nitrogens is 2. The van der Waals surface area contributed by atoms with Crippen molar-refractivity contribution < 1.29 is 9.15 Å². The molecule has 1 aliphatic carbocycles. The van der Waals surface area contributed by atoms with Crippen molar-refractivity contribution in [3.05, 3.63) is 30.2 Å². The van der Waals surface area contributed by atoms with Gasteiger partial charge in [-0.05, 0) is 31.4 Å². The molecule has 1 aliphatic heterocycles. The first-order chi connectivity index (χ1) is 10.4. The van der Waals surface area contributed by atoms with Crippen LogP contribution < -0.4 is 15.0 Å². The van der Waals surface area contributed by atoms with Crippen molar-refractivity contribution in [1.29, 1.82) is 0 Å². The molecule has 1 aromatic heterocycles. The molecule has 0 bridgehead atoms. The molecule has 0 amide bonds. The lowest BCUT2D eigenvalue weighted by Crippen LogP contribution is -2.18. The lowest BCUT2D eigenvalue weighted by atomic mass is 10.2. The highest BCUT2D eigenvalue weighted by molar-refractivity contribution is 5.64. The number of hydrogen-bond acceptors (Lipinski definition) is 6. The smallest absolute Gasteiger partial charge is 0.322 e. The van der Waals surface area contributed by atoms with Crippen LogP contribution in [0.5, 0.6) is 5.75 Å². The molecule has 1 N–H and O–H groups in total. The van der Waals surface area contributed by atoms with Gasteiger partial charge in [-0.15, -0.1) is 5.10 Å². The maximum atomic E-state index is 5.80. The van der Waals surface area contributed by atoms with E-state index in [2.05, 4.69) is 15.5 Å². The SMILES string of the molecule is c1ccc2c(c1)OCCCN2c1nnc(CNC2CC2)o1. The van der Waals surface area contributed by atoms with Gasteiger partial charge >= 0.3 is 6.01 Å². The summed E-state index contributed by atoms with van der Waals surface area (Å²) in [5.74, 6) is 1.51. The molecule has 110 valence electrons. The molecule has 2 aromatic rings. The molecule has 0 spiro atoms. The number of hydrogen-bond donors (Lipinski definition) is 1. The fraction of sp³-hybridized carbons (Fsp3) is 0.467. The molecule has 0 radical (unpaired) electrons. The molecule has 6 heteroatoms. The van der Waals surface area contributed by atoms with Crippen molar-refractivity contribution in [3.8, 4) is 5.75 Å². The van der Waals surface area contributed by atoms with Crippen LogP contribution in [0.2, 0.25) is 0 Å². The predicted octanol–water partition coefficient (Wildman–Crippen LogP) is 2.24. The Labute approximate surface area is 123 Å². The number of anilines is 2. The molecule has 1 saturated carbocycles. The lowest BCUT2D eigenvalue weighted by molar-refractivity contribution is 0.322. The first kappa shape index (κ1) is 12.6. The molecule has 2 aliphatic rings. The van der Waals surface area contributed by atoms with Gasteiger partial charge in [0.15, 0.2) is 0 Å². The van der Waals surface area contributed by atoms with Crippen molar-refractivity contribution >= 4 is 11.7 Å². The molecule has 0 unspecified atom stereocenters. The molecular weight excluding hydrogens is 268 g/mol. The van der Waals surface area contributed by atoms with Crippen molar-refractivity contribution in [1.82, 2.24) is 15.5 Å². The summed E-state index contributed by atoms with van der Waals surface area (Å²) in [5, 5.41) is 11.7.